The Morgan fingerprint density at radius 1 is 1.13 bits per heavy atom. The van der Waals surface area contributed by atoms with Gasteiger partial charge in [0.05, 0.1) is 23.0 Å². The van der Waals surface area contributed by atoms with Crippen LogP contribution < -0.4 is 20.0 Å². The molecule has 5 heterocycles. The van der Waals surface area contributed by atoms with Crippen LogP contribution in [0.4, 0.5) is 30.4 Å². The van der Waals surface area contributed by atoms with E-state index in [2.05, 4.69) is 15.2 Å². The number of likely N-dealkylation sites (N-methyl/N-ethyl adjacent to an activating group) is 1. The molecule has 0 saturated carbocycles. The second-order valence-corrected chi connectivity index (χ2v) is 12.6. The number of carbonyl (C=O) groups is 3. The Labute approximate surface area is 266 Å². The van der Waals surface area contributed by atoms with E-state index in [0.717, 1.165) is 46.8 Å². The van der Waals surface area contributed by atoms with Gasteiger partial charge in [0.1, 0.15) is 11.9 Å². The summed E-state index contributed by atoms with van der Waals surface area (Å²) in [5.41, 5.74) is 2.51. The molecule has 246 valence electrons. The number of anilines is 3. The molecular formula is C33H39F3N6O4. The summed E-state index contributed by atoms with van der Waals surface area (Å²) in [6.07, 6.45) is -1.13. The van der Waals surface area contributed by atoms with Crippen LogP contribution in [0, 0.1) is 19.8 Å². The number of ether oxygens (including phenoxy) is 1. The van der Waals surface area contributed by atoms with Gasteiger partial charge in [-0.25, -0.2) is 4.98 Å². The number of pyridine rings is 1. The van der Waals surface area contributed by atoms with Crippen LogP contribution in [0.5, 0.6) is 0 Å². The maximum absolute atomic E-state index is 14.0. The van der Waals surface area contributed by atoms with Crippen LogP contribution in [-0.2, 0) is 25.3 Å². The number of nitrogens with one attached hydrogen (secondary N) is 1. The van der Waals surface area contributed by atoms with Crippen molar-refractivity contribution in [1.82, 2.24) is 15.2 Å². The Bertz CT molecular complexity index is 1560. The van der Waals surface area contributed by atoms with Crippen molar-refractivity contribution < 1.29 is 32.3 Å². The summed E-state index contributed by atoms with van der Waals surface area (Å²) in [5, 5.41) is 3.23. The van der Waals surface area contributed by atoms with Crippen molar-refractivity contribution in [3.05, 3.63) is 58.8 Å². The number of halogens is 3. The number of rotatable bonds is 7. The zero-order valence-electron chi connectivity index (χ0n) is 26.3. The lowest BCUT2D eigenvalue weighted by molar-refractivity contribution is -0.141. The van der Waals surface area contributed by atoms with E-state index in [9.17, 15) is 27.6 Å². The fourth-order valence-electron chi connectivity index (χ4n) is 6.93. The molecule has 2 saturated heterocycles. The highest BCUT2D eigenvalue weighted by Crippen LogP contribution is 2.41. The average molecular weight is 641 g/mol. The second kappa shape index (κ2) is 12.7. The molecule has 2 fully saturated rings. The molecule has 10 nitrogen and oxygen atoms in total. The number of aryl methyl sites for hydroxylation is 2. The number of hydrogen-bond donors (Lipinski definition) is 1. The number of amides is 3. The molecule has 46 heavy (non-hydrogen) atoms. The Hall–Kier alpha value is -3.97. The van der Waals surface area contributed by atoms with Crippen molar-refractivity contribution in [3.63, 3.8) is 0 Å². The van der Waals surface area contributed by atoms with Gasteiger partial charge in [-0.1, -0.05) is 18.2 Å². The minimum absolute atomic E-state index is 0.00727. The van der Waals surface area contributed by atoms with Gasteiger partial charge in [-0.15, -0.1) is 0 Å². The van der Waals surface area contributed by atoms with E-state index < -0.39 is 29.6 Å². The molecule has 4 aliphatic rings. The average Bonchev–Trinajstić information content (AvgIpc) is 3.32. The van der Waals surface area contributed by atoms with Crippen LogP contribution in [0.3, 0.4) is 0 Å². The third-order valence-electron chi connectivity index (χ3n) is 9.24. The van der Waals surface area contributed by atoms with Gasteiger partial charge >= 0.3 is 6.18 Å². The quantitative estimate of drug-likeness (QED) is 0.463. The lowest BCUT2D eigenvalue weighted by Gasteiger charge is -2.40. The van der Waals surface area contributed by atoms with Crippen molar-refractivity contribution >= 4 is 34.9 Å². The van der Waals surface area contributed by atoms with Crippen LogP contribution >= 0.6 is 0 Å². The first kappa shape index (κ1) is 32.0. The van der Waals surface area contributed by atoms with E-state index in [-0.39, 0.29) is 35.9 Å². The number of benzene rings is 1. The predicted molar refractivity (Wildman–Crippen MR) is 167 cm³/mol. The lowest BCUT2D eigenvalue weighted by atomic mass is 9.95. The second-order valence-electron chi connectivity index (χ2n) is 12.6. The molecule has 1 aromatic heterocycles. The standard InChI is InChI=1S/C33H39F3N6O4/c1-20-7-4-9-26-29(20)40(11-6-12-46-25-18-41(19-25)31(44)22-8-5-10-37-16-22)17-23-14-28(43)42(30(23)32(45)39(26)3)27-15-24(33(34,35)36)13-21(2)38-27/h4,7-9,13,15,23,25,30,37H,5-6,10-12,14,16-19H2,1-3H3/t23-,30+/m1/s1. The number of likely N-dealkylation sites (tertiary alicyclic amines) is 1. The molecule has 6 rings (SSSR count). The molecule has 0 bridgehead atoms. The molecule has 0 radical (unpaired) electrons. The number of para-hydroxylation sites is 1. The van der Waals surface area contributed by atoms with Gasteiger partial charge in [0.25, 0.3) is 5.91 Å². The number of fused-ring (bicyclic) bond motifs is 2. The van der Waals surface area contributed by atoms with Crippen LogP contribution in [-0.4, -0.2) is 92.7 Å². The first-order valence-electron chi connectivity index (χ1n) is 15.7. The van der Waals surface area contributed by atoms with Crippen LogP contribution in [0.15, 0.2) is 42.0 Å². The summed E-state index contributed by atoms with van der Waals surface area (Å²) >= 11 is 0. The maximum atomic E-state index is 14.0. The first-order chi connectivity index (χ1) is 21.9. The number of nitrogens with zero attached hydrogens (tertiary/aromatic N) is 5. The molecule has 2 aromatic rings. The van der Waals surface area contributed by atoms with Gasteiger partial charge in [0.15, 0.2) is 0 Å². The number of hydrogen-bond acceptors (Lipinski definition) is 7. The zero-order chi connectivity index (χ0) is 32.7. The van der Waals surface area contributed by atoms with E-state index >= 15 is 0 Å². The van der Waals surface area contributed by atoms with Crippen molar-refractivity contribution in [3.8, 4) is 0 Å². The van der Waals surface area contributed by atoms with Gasteiger partial charge in [-0.3, -0.25) is 19.3 Å². The largest absolute Gasteiger partial charge is 0.416 e. The van der Waals surface area contributed by atoms with Gasteiger partial charge in [-0.05, 0) is 57.0 Å². The molecular weight excluding hydrogens is 601 g/mol. The van der Waals surface area contributed by atoms with Crippen molar-refractivity contribution in [1.29, 1.82) is 0 Å². The molecule has 0 spiro atoms. The fourth-order valence-corrected chi connectivity index (χ4v) is 6.93. The van der Waals surface area contributed by atoms with Crippen molar-refractivity contribution in [2.45, 2.75) is 51.4 Å². The summed E-state index contributed by atoms with van der Waals surface area (Å²) < 4.78 is 47.2. The highest BCUT2D eigenvalue weighted by Gasteiger charge is 2.49. The number of alkyl halides is 3. The highest BCUT2D eigenvalue weighted by molar-refractivity contribution is 6.10. The lowest BCUT2D eigenvalue weighted by Crippen LogP contribution is -2.56. The molecule has 1 N–H and O–H groups in total. The first-order valence-corrected chi connectivity index (χ1v) is 15.7. The van der Waals surface area contributed by atoms with E-state index in [1.165, 1.54) is 11.8 Å². The molecule has 1 aromatic carbocycles. The molecule has 0 aliphatic carbocycles. The Kier molecular flexibility index (Phi) is 8.81. The fraction of sp³-hybridized carbons (Fsp3) is 0.515. The van der Waals surface area contributed by atoms with E-state index in [0.29, 0.717) is 51.4 Å². The monoisotopic (exact) mass is 640 g/mol. The predicted octanol–water partition coefficient (Wildman–Crippen LogP) is 3.46. The number of carbonyl (C=O) groups excluding carboxylic acids is 3. The van der Waals surface area contributed by atoms with Gasteiger partial charge in [0, 0.05) is 70.0 Å². The van der Waals surface area contributed by atoms with Gasteiger partial charge in [-0.2, -0.15) is 13.2 Å². The van der Waals surface area contributed by atoms with Crippen LogP contribution in [0.25, 0.3) is 0 Å². The van der Waals surface area contributed by atoms with E-state index in [4.69, 9.17) is 4.74 Å². The molecule has 13 heteroatoms. The SMILES string of the molecule is Cc1cc(C(F)(F)F)cc(N2C(=O)C[C@@H]3CN(CCCOC4CN(C(=O)C5=CCCNC5)C4)c4c(C)cccc4N(C)C(=O)[C@H]32)n1. The molecule has 3 amide bonds. The van der Waals surface area contributed by atoms with E-state index in [1.807, 2.05) is 31.2 Å². The van der Waals surface area contributed by atoms with Gasteiger partial charge in [0.2, 0.25) is 11.8 Å². The minimum Gasteiger partial charge on any atom is -0.374 e. The minimum atomic E-state index is -4.63. The van der Waals surface area contributed by atoms with Crippen LogP contribution in [0.1, 0.15) is 36.1 Å². The summed E-state index contributed by atoms with van der Waals surface area (Å²) in [6, 6.07) is 6.45. The molecule has 4 aliphatic heterocycles. The molecule has 0 unspecified atom stereocenters. The van der Waals surface area contributed by atoms with Gasteiger partial charge < -0.3 is 24.8 Å². The number of aromatic nitrogens is 1. The Balaban J connectivity index is 1.17. The molecule has 2 atom stereocenters. The maximum Gasteiger partial charge on any atom is 0.416 e. The highest BCUT2D eigenvalue weighted by atomic mass is 19.4. The Morgan fingerprint density at radius 3 is 2.63 bits per heavy atom. The topological polar surface area (TPSA) is 98.3 Å². The van der Waals surface area contributed by atoms with Crippen molar-refractivity contribution in [2.75, 3.05) is 67.6 Å². The third kappa shape index (κ3) is 6.22. The summed E-state index contributed by atoms with van der Waals surface area (Å²) in [4.78, 5) is 51.0. The normalized spacial score (nSPS) is 22.3. The van der Waals surface area contributed by atoms with Crippen LogP contribution in [0.2, 0.25) is 0 Å². The summed E-state index contributed by atoms with van der Waals surface area (Å²) in [6.45, 7) is 7.41. The zero-order valence-corrected chi connectivity index (χ0v) is 26.3. The third-order valence-corrected chi connectivity index (χ3v) is 9.24. The summed E-state index contributed by atoms with van der Waals surface area (Å²) in [5.74, 6) is -1.38. The smallest absolute Gasteiger partial charge is 0.374 e. The van der Waals surface area contributed by atoms with Crippen molar-refractivity contribution in [2.24, 2.45) is 5.92 Å². The summed E-state index contributed by atoms with van der Waals surface area (Å²) in [7, 11) is 1.64. The van der Waals surface area contributed by atoms with E-state index in [1.54, 1.807) is 11.9 Å². The Morgan fingerprint density at radius 2 is 1.91 bits per heavy atom.